The third-order valence-electron chi connectivity index (χ3n) is 6.29. The number of carbonyl (C=O) groups excluding carboxylic acids is 1. The van der Waals surface area contributed by atoms with Crippen LogP contribution in [0.4, 0.5) is 17.6 Å². The fraction of sp³-hybridized carbons (Fsp3) is 0.391. The molecule has 0 spiro atoms. The SMILES string of the molecule is CC1C=CC(C(=O)N2CC3CC(Oc4ccc(C(F)(F)F)cn4)C2C3)=C(c2ncc(F)cn2)N1. The van der Waals surface area contributed by atoms with Crippen molar-refractivity contribution in [3.05, 3.63) is 65.7 Å². The van der Waals surface area contributed by atoms with Crippen LogP contribution in [0.1, 0.15) is 31.2 Å². The molecule has 2 aliphatic heterocycles. The van der Waals surface area contributed by atoms with Crippen LogP contribution in [0.5, 0.6) is 5.88 Å². The molecule has 1 saturated carbocycles. The molecule has 5 rings (SSSR count). The third kappa shape index (κ3) is 4.22. The highest BCUT2D eigenvalue weighted by Crippen LogP contribution is 2.41. The zero-order chi connectivity index (χ0) is 24.0. The summed E-state index contributed by atoms with van der Waals surface area (Å²) in [6.45, 7) is 2.45. The van der Waals surface area contributed by atoms with Crippen LogP contribution in [-0.4, -0.2) is 50.5 Å². The Labute approximate surface area is 192 Å². The van der Waals surface area contributed by atoms with Gasteiger partial charge in [0.25, 0.3) is 5.91 Å². The number of likely N-dealkylation sites (tertiary alicyclic amines) is 1. The number of hydrogen-bond acceptors (Lipinski definition) is 6. The van der Waals surface area contributed by atoms with Gasteiger partial charge in [0.2, 0.25) is 5.88 Å². The highest BCUT2D eigenvalue weighted by atomic mass is 19.4. The Balaban J connectivity index is 1.36. The molecule has 4 unspecified atom stereocenters. The van der Waals surface area contributed by atoms with E-state index < -0.39 is 17.6 Å². The summed E-state index contributed by atoms with van der Waals surface area (Å²) in [5, 5.41) is 3.18. The molecule has 2 aromatic heterocycles. The molecule has 11 heteroatoms. The number of rotatable bonds is 4. The predicted molar refractivity (Wildman–Crippen MR) is 113 cm³/mol. The van der Waals surface area contributed by atoms with Gasteiger partial charge in [-0.1, -0.05) is 6.08 Å². The number of amides is 1. The number of fused-ring (bicyclic) bond motifs is 2. The lowest BCUT2D eigenvalue weighted by Gasteiger charge is -2.34. The predicted octanol–water partition coefficient (Wildman–Crippen LogP) is 3.36. The van der Waals surface area contributed by atoms with Crippen LogP contribution in [0, 0.1) is 11.7 Å². The third-order valence-corrected chi connectivity index (χ3v) is 6.29. The zero-order valence-corrected chi connectivity index (χ0v) is 18.1. The fourth-order valence-corrected chi connectivity index (χ4v) is 4.74. The lowest BCUT2D eigenvalue weighted by atomic mass is 10.0. The number of dihydropyridines is 1. The Hall–Kier alpha value is -3.50. The molecule has 1 saturated heterocycles. The van der Waals surface area contributed by atoms with Crippen molar-refractivity contribution in [1.29, 1.82) is 0 Å². The van der Waals surface area contributed by atoms with E-state index in [0.29, 0.717) is 24.2 Å². The second-order valence-electron chi connectivity index (χ2n) is 8.71. The maximum atomic E-state index is 13.6. The van der Waals surface area contributed by atoms with Crippen molar-refractivity contribution >= 4 is 11.6 Å². The van der Waals surface area contributed by atoms with Crippen molar-refractivity contribution < 1.29 is 27.1 Å². The summed E-state index contributed by atoms with van der Waals surface area (Å²) in [5.41, 5.74) is -0.0637. The summed E-state index contributed by atoms with van der Waals surface area (Å²) in [5.74, 6) is -0.290. The summed E-state index contributed by atoms with van der Waals surface area (Å²) in [4.78, 5) is 27.1. The van der Waals surface area contributed by atoms with Gasteiger partial charge in [0.1, 0.15) is 6.10 Å². The average Bonchev–Trinajstić information content (AvgIpc) is 3.39. The van der Waals surface area contributed by atoms with Gasteiger partial charge in [0, 0.05) is 24.8 Å². The van der Waals surface area contributed by atoms with Crippen LogP contribution in [0.2, 0.25) is 0 Å². The molecule has 7 nitrogen and oxygen atoms in total. The van der Waals surface area contributed by atoms with E-state index in [0.717, 1.165) is 31.1 Å². The van der Waals surface area contributed by atoms with Gasteiger partial charge >= 0.3 is 6.18 Å². The Bertz CT molecular complexity index is 1150. The van der Waals surface area contributed by atoms with Crippen LogP contribution in [-0.2, 0) is 11.0 Å². The number of nitrogens with zero attached hydrogens (tertiary/aromatic N) is 4. The number of ether oxygens (including phenoxy) is 1. The maximum Gasteiger partial charge on any atom is 0.417 e. The van der Waals surface area contributed by atoms with E-state index in [4.69, 9.17) is 4.74 Å². The second kappa shape index (κ2) is 8.37. The van der Waals surface area contributed by atoms with Gasteiger partial charge < -0.3 is 15.0 Å². The van der Waals surface area contributed by atoms with E-state index in [1.807, 2.05) is 13.0 Å². The number of alkyl halides is 3. The molecule has 0 aromatic carbocycles. The van der Waals surface area contributed by atoms with Gasteiger partial charge in [-0.05, 0) is 37.8 Å². The average molecular weight is 475 g/mol. The van der Waals surface area contributed by atoms with Gasteiger partial charge in [0.15, 0.2) is 11.6 Å². The Kier molecular flexibility index (Phi) is 5.49. The largest absolute Gasteiger partial charge is 0.472 e. The molecule has 34 heavy (non-hydrogen) atoms. The van der Waals surface area contributed by atoms with Gasteiger partial charge in [0.05, 0.1) is 35.3 Å². The van der Waals surface area contributed by atoms with Crippen molar-refractivity contribution in [2.75, 3.05) is 6.54 Å². The summed E-state index contributed by atoms with van der Waals surface area (Å²) in [7, 11) is 0. The van der Waals surface area contributed by atoms with Crippen molar-refractivity contribution in [2.45, 2.75) is 44.1 Å². The van der Waals surface area contributed by atoms with Crippen molar-refractivity contribution in [1.82, 2.24) is 25.2 Å². The molecule has 0 radical (unpaired) electrons. The van der Waals surface area contributed by atoms with Gasteiger partial charge in [-0.2, -0.15) is 13.2 Å². The smallest absolute Gasteiger partial charge is 0.417 e. The molecule has 2 aromatic rings. The van der Waals surface area contributed by atoms with Crippen LogP contribution < -0.4 is 10.1 Å². The normalized spacial score (nSPS) is 26.1. The summed E-state index contributed by atoms with van der Waals surface area (Å²) in [6, 6.07) is 1.81. The minimum atomic E-state index is -4.47. The molecule has 4 atom stereocenters. The number of hydrogen-bond donors (Lipinski definition) is 1. The molecule has 2 bridgehead atoms. The monoisotopic (exact) mass is 475 g/mol. The van der Waals surface area contributed by atoms with Crippen molar-refractivity contribution in [3.63, 3.8) is 0 Å². The first-order chi connectivity index (χ1) is 16.2. The van der Waals surface area contributed by atoms with Crippen LogP contribution in [0.3, 0.4) is 0 Å². The first-order valence-electron chi connectivity index (χ1n) is 10.9. The maximum absolute atomic E-state index is 13.6. The number of pyridine rings is 1. The van der Waals surface area contributed by atoms with E-state index in [1.54, 1.807) is 11.0 Å². The highest BCUT2D eigenvalue weighted by molar-refractivity contribution is 6.03. The number of nitrogens with one attached hydrogen (secondary N) is 1. The molecule has 2 fully saturated rings. The lowest BCUT2D eigenvalue weighted by Crippen LogP contribution is -2.48. The first kappa shape index (κ1) is 22.3. The molecular weight excluding hydrogens is 454 g/mol. The summed E-state index contributed by atoms with van der Waals surface area (Å²) < 4.78 is 57.6. The van der Waals surface area contributed by atoms with E-state index >= 15 is 0 Å². The molecular formula is C23H21F4N5O2. The minimum Gasteiger partial charge on any atom is -0.472 e. The molecule has 178 valence electrons. The van der Waals surface area contributed by atoms with Gasteiger partial charge in [-0.25, -0.2) is 19.3 Å². The number of carbonyl (C=O) groups is 1. The standard InChI is InChI=1S/C23H21F4N5O2/c1-12-2-4-16(20(31-12)21-29-9-15(24)10-30-21)22(33)32-11-13-6-17(32)18(7-13)34-19-5-3-14(8-28-19)23(25,26)27/h2-5,8-10,12-13,17-18,31H,6-7,11H2,1H3. The summed E-state index contributed by atoms with van der Waals surface area (Å²) in [6.07, 6.45) is 2.96. The van der Waals surface area contributed by atoms with E-state index in [9.17, 15) is 22.4 Å². The number of aromatic nitrogens is 3. The quantitative estimate of drug-likeness (QED) is 0.684. The molecule has 1 aliphatic carbocycles. The molecule has 3 aliphatic rings. The number of piperidine rings is 1. The number of halogens is 4. The fourth-order valence-electron chi connectivity index (χ4n) is 4.74. The van der Waals surface area contributed by atoms with E-state index in [-0.39, 0.29) is 41.7 Å². The molecule has 1 amide bonds. The van der Waals surface area contributed by atoms with Crippen LogP contribution >= 0.6 is 0 Å². The van der Waals surface area contributed by atoms with E-state index in [2.05, 4.69) is 20.3 Å². The van der Waals surface area contributed by atoms with E-state index in [1.165, 1.54) is 6.07 Å². The van der Waals surface area contributed by atoms with Gasteiger partial charge in [-0.15, -0.1) is 0 Å². The van der Waals surface area contributed by atoms with Crippen molar-refractivity contribution in [2.24, 2.45) is 5.92 Å². The summed E-state index contributed by atoms with van der Waals surface area (Å²) >= 11 is 0. The Morgan fingerprint density at radius 3 is 2.56 bits per heavy atom. The topological polar surface area (TPSA) is 80.2 Å². The van der Waals surface area contributed by atoms with Gasteiger partial charge in [-0.3, -0.25) is 4.79 Å². The first-order valence-corrected chi connectivity index (χ1v) is 10.9. The molecule has 4 heterocycles. The lowest BCUT2D eigenvalue weighted by molar-refractivity contribution is -0.138. The zero-order valence-electron chi connectivity index (χ0n) is 18.1. The molecule has 1 N–H and O–H groups in total. The Morgan fingerprint density at radius 1 is 1.15 bits per heavy atom. The second-order valence-corrected chi connectivity index (χ2v) is 8.71. The van der Waals surface area contributed by atoms with Crippen LogP contribution in [0.25, 0.3) is 5.70 Å². The highest BCUT2D eigenvalue weighted by Gasteiger charge is 2.49. The minimum absolute atomic E-state index is 0.0722. The van der Waals surface area contributed by atoms with Crippen LogP contribution in [0.15, 0.2) is 48.4 Å². The Morgan fingerprint density at radius 2 is 1.91 bits per heavy atom. The van der Waals surface area contributed by atoms with Crippen molar-refractivity contribution in [3.8, 4) is 5.88 Å².